The number of fused-ring (bicyclic) bond motifs is 1. The van der Waals surface area contributed by atoms with E-state index < -0.39 is 17.4 Å². The Kier molecular flexibility index (Phi) is 9.21. The quantitative estimate of drug-likeness (QED) is 0.403. The number of hydrogen-bond donors (Lipinski definition) is 2. The molecule has 0 bridgehead atoms. The third-order valence-electron chi connectivity index (χ3n) is 8.77. The van der Waals surface area contributed by atoms with Gasteiger partial charge in [0.05, 0.1) is 11.5 Å². The lowest BCUT2D eigenvalue weighted by Crippen LogP contribution is -2.53. The zero-order chi connectivity index (χ0) is 27.2. The summed E-state index contributed by atoms with van der Waals surface area (Å²) in [5.74, 6) is -0.755. The highest BCUT2D eigenvalue weighted by atomic mass is 35.5. The Morgan fingerprint density at radius 3 is 2.67 bits per heavy atom. The molecule has 39 heavy (non-hydrogen) atoms. The molecule has 0 radical (unpaired) electrons. The van der Waals surface area contributed by atoms with Crippen molar-refractivity contribution >= 4 is 23.5 Å². The number of carboxylic acid groups (broad SMARTS) is 1. The molecule has 1 aromatic heterocycles. The minimum absolute atomic E-state index is 0.154. The Morgan fingerprint density at radius 1 is 1.13 bits per heavy atom. The van der Waals surface area contributed by atoms with Gasteiger partial charge in [-0.3, -0.25) is 9.78 Å². The molecule has 2 fully saturated rings. The third-order valence-corrected chi connectivity index (χ3v) is 9.10. The van der Waals surface area contributed by atoms with Crippen molar-refractivity contribution in [2.75, 3.05) is 19.8 Å². The Labute approximate surface area is 235 Å². The van der Waals surface area contributed by atoms with Crippen molar-refractivity contribution in [2.24, 2.45) is 5.92 Å². The Bertz CT molecular complexity index is 1160. The number of carbonyl (C=O) groups excluding carboxylic acids is 1. The lowest BCUT2D eigenvalue weighted by molar-refractivity contribution is -0.144. The molecule has 2 aliphatic carbocycles. The summed E-state index contributed by atoms with van der Waals surface area (Å²) < 4.78 is 11.5. The van der Waals surface area contributed by atoms with E-state index >= 15 is 0 Å². The summed E-state index contributed by atoms with van der Waals surface area (Å²) >= 11 is 6.47. The molecule has 1 saturated carbocycles. The number of aliphatic carboxylic acids is 1. The monoisotopic (exact) mass is 554 g/mol. The van der Waals surface area contributed by atoms with Gasteiger partial charge in [0.2, 0.25) is 5.91 Å². The fourth-order valence-electron chi connectivity index (χ4n) is 6.26. The number of hydrogen-bond acceptors (Lipinski definition) is 5. The van der Waals surface area contributed by atoms with Gasteiger partial charge in [-0.15, -0.1) is 0 Å². The van der Waals surface area contributed by atoms with Crippen LogP contribution in [0.5, 0.6) is 0 Å². The molecular formula is C31H39ClN2O5. The van der Waals surface area contributed by atoms with Crippen LogP contribution in [0.15, 0.2) is 36.4 Å². The maximum atomic E-state index is 13.5. The van der Waals surface area contributed by atoms with E-state index in [0.717, 1.165) is 44.1 Å². The van der Waals surface area contributed by atoms with Crippen molar-refractivity contribution in [1.29, 1.82) is 0 Å². The number of aromatic nitrogens is 1. The molecular weight excluding hydrogens is 516 g/mol. The number of ether oxygens (including phenoxy) is 2. The summed E-state index contributed by atoms with van der Waals surface area (Å²) in [5, 5.41) is 13.1. The zero-order valence-corrected chi connectivity index (χ0v) is 23.3. The molecule has 3 aliphatic rings. The molecule has 2 N–H and O–H groups in total. The summed E-state index contributed by atoms with van der Waals surface area (Å²) in [6.07, 6.45) is 10.1. The van der Waals surface area contributed by atoms with E-state index in [1.165, 1.54) is 29.8 Å². The van der Waals surface area contributed by atoms with Gasteiger partial charge in [0.15, 0.2) is 0 Å². The molecule has 1 amide bonds. The summed E-state index contributed by atoms with van der Waals surface area (Å²) in [6.45, 7) is 1.14. The van der Waals surface area contributed by atoms with E-state index in [9.17, 15) is 14.7 Å². The van der Waals surface area contributed by atoms with Gasteiger partial charge in [-0.2, -0.15) is 0 Å². The highest BCUT2D eigenvalue weighted by Gasteiger charge is 2.44. The summed E-state index contributed by atoms with van der Waals surface area (Å²) in [6, 6.07) is 10.7. The number of aryl methyl sites for hydroxylation is 3. The number of nitrogens with zero attached hydrogens (tertiary/aromatic N) is 1. The lowest BCUT2D eigenvalue weighted by Gasteiger charge is -2.38. The second kappa shape index (κ2) is 12.8. The third kappa shape index (κ3) is 6.64. The highest BCUT2D eigenvalue weighted by Crippen LogP contribution is 2.39. The van der Waals surface area contributed by atoms with Crippen molar-refractivity contribution in [3.63, 3.8) is 0 Å². The molecule has 210 valence electrons. The van der Waals surface area contributed by atoms with Crippen LogP contribution in [0.4, 0.5) is 0 Å². The molecule has 2 aromatic rings. The first-order chi connectivity index (χ1) is 18.9. The second-order valence-electron chi connectivity index (χ2n) is 11.3. The topological polar surface area (TPSA) is 97.8 Å². The van der Waals surface area contributed by atoms with Gasteiger partial charge < -0.3 is 19.9 Å². The highest BCUT2D eigenvalue weighted by molar-refractivity contribution is 6.31. The van der Waals surface area contributed by atoms with Crippen LogP contribution >= 0.6 is 11.6 Å². The summed E-state index contributed by atoms with van der Waals surface area (Å²) in [5.41, 5.74) is 3.73. The molecule has 5 rings (SSSR count). The maximum absolute atomic E-state index is 13.5. The molecule has 8 heteroatoms. The van der Waals surface area contributed by atoms with Gasteiger partial charge in [0.1, 0.15) is 6.04 Å². The van der Waals surface area contributed by atoms with Crippen molar-refractivity contribution in [1.82, 2.24) is 10.3 Å². The van der Waals surface area contributed by atoms with E-state index in [0.29, 0.717) is 43.6 Å². The van der Waals surface area contributed by atoms with E-state index in [1.807, 2.05) is 18.2 Å². The first-order valence-electron chi connectivity index (χ1n) is 14.4. The average molecular weight is 555 g/mol. The molecule has 2 heterocycles. The van der Waals surface area contributed by atoms with Crippen LogP contribution < -0.4 is 5.32 Å². The smallest absolute Gasteiger partial charge is 0.326 e. The van der Waals surface area contributed by atoms with Crippen LogP contribution in [0.1, 0.15) is 73.9 Å². The van der Waals surface area contributed by atoms with Crippen molar-refractivity contribution in [3.05, 3.63) is 63.9 Å². The second-order valence-corrected chi connectivity index (χ2v) is 11.7. The van der Waals surface area contributed by atoms with Crippen molar-refractivity contribution in [3.8, 4) is 0 Å². The molecule has 1 saturated heterocycles. The van der Waals surface area contributed by atoms with Crippen LogP contribution in [0.2, 0.25) is 5.02 Å². The standard InChI is InChI=1S/C31H39ClN2O5/c32-26-7-3-2-6-25(26)31(14-17-38-18-15-31)30(37)34-28(29(35)36)13-16-39-24-19-21(20-24)9-11-23-12-10-22-5-1-4-8-27(22)33-23/h2-3,6-7,10,12,21,24,28H,1,4-5,8-9,11,13-20H2,(H,34,37)(H,35,36)/t21?,24?,28-/m0/s1. The van der Waals surface area contributed by atoms with Gasteiger partial charge in [-0.1, -0.05) is 35.9 Å². The first-order valence-corrected chi connectivity index (χ1v) is 14.8. The number of nitrogens with one attached hydrogen (secondary N) is 1. The number of carboxylic acids is 1. The summed E-state index contributed by atoms with van der Waals surface area (Å²) in [7, 11) is 0. The zero-order valence-electron chi connectivity index (χ0n) is 22.5. The molecule has 1 aliphatic heterocycles. The van der Waals surface area contributed by atoms with E-state index in [1.54, 1.807) is 6.07 Å². The van der Waals surface area contributed by atoms with Crippen LogP contribution in [0.25, 0.3) is 0 Å². The predicted molar refractivity (Wildman–Crippen MR) is 149 cm³/mol. The number of benzene rings is 1. The number of carbonyl (C=O) groups is 2. The van der Waals surface area contributed by atoms with Gasteiger partial charge >= 0.3 is 5.97 Å². The lowest BCUT2D eigenvalue weighted by atomic mass is 9.73. The molecule has 0 unspecified atom stereocenters. The van der Waals surface area contributed by atoms with Crippen LogP contribution in [0, 0.1) is 5.92 Å². The van der Waals surface area contributed by atoms with Crippen molar-refractivity contribution in [2.45, 2.75) is 88.2 Å². The fraction of sp³-hybridized carbons (Fsp3) is 0.581. The Balaban J connectivity index is 1.07. The maximum Gasteiger partial charge on any atom is 0.326 e. The predicted octanol–water partition coefficient (Wildman–Crippen LogP) is 5.05. The van der Waals surface area contributed by atoms with E-state index in [2.05, 4.69) is 17.4 Å². The average Bonchev–Trinajstić information content (AvgIpc) is 2.93. The number of rotatable bonds is 11. The largest absolute Gasteiger partial charge is 0.480 e. The van der Waals surface area contributed by atoms with E-state index in [4.69, 9.17) is 26.1 Å². The van der Waals surface area contributed by atoms with Gasteiger partial charge in [0.25, 0.3) is 0 Å². The Morgan fingerprint density at radius 2 is 1.90 bits per heavy atom. The van der Waals surface area contributed by atoms with Gasteiger partial charge in [0, 0.05) is 42.7 Å². The summed E-state index contributed by atoms with van der Waals surface area (Å²) in [4.78, 5) is 30.4. The van der Waals surface area contributed by atoms with Crippen molar-refractivity contribution < 1.29 is 24.2 Å². The SMILES string of the molecule is O=C(O)[C@H](CCOC1CC(CCc2ccc3c(n2)CCCC3)C1)NC(=O)C1(c2ccccc2Cl)CCOCC1. The minimum atomic E-state index is -1.06. The molecule has 7 nitrogen and oxygen atoms in total. The first kappa shape index (κ1) is 28.1. The number of halogens is 1. The molecule has 1 aromatic carbocycles. The molecule has 1 atom stereocenters. The normalized spacial score (nSPS) is 22.8. The number of amides is 1. The fourth-order valence-corrected chi connectivity index (χ4v) is 6.58. The minimum Gasteiger partial charge on any atom is -0.480 e. The number of pyridine rings is 1. The van der Waals surface area contributed by atoms with Gasteiger partial charge in [-0.05, 0) is 93.4 Å². The van der Waals surface area contributed by atoms with Crippen LogP contribution in [0.3, 0.4) is 0 Å². The molecule has 0 spiro atoms. The van der Waals surface area contributed by atoms with Gasteiger partial charge in [-0.25, -0.2) is 4.79 Å². The Hall–Kier alpha value is -2.48. The van der Waals surface area contributed by atoms with Crippen LogP contribution in [-0.2, 0) is 43.7 Å². The van der Waals surface area contributed by atoms with Crippen LogP contribution in [-0.4, -0.2) is 53.9 Å². The van der Waals surface area contributed by atoms with E-state index in [-0.39, 0.29) is 18.4 Å².